The quantitative estimate of drug-likeness (QED) is 0.357. The zero-order chi connectivity index (χ0) is 27.4. The molecule has 0 aromatic carbocycles. The van der Waals surface area contributed by atoms with Gasteiger partial charge in [-0.2, -0.15) is 0 Å². The van der Waals surface area contributed by atoms with Crippen LogP contribution in [0.5, 0.6) is 0 Å². The monoisotopic (exact) mass is 500 g/mol. The molecule has 3 saturated carbocycles. The van der Waals surface area contributed by atoms with Crippen LogP contribution >= 0.6 is 0 Å². The Morgan fingerprint density at radius 2 is 1.67 bits per heavy atom. The van der Waals surface area contributed by atoms with Crippen molar-refractivity contribution in [3.8, 4) is 0 Å². The second-order valence-electron chi connectivity index (χ2n) is 15.6. The van der Waals surface area contributed by atoms with Crippen LogP contribution in [0.3, 0.4) is 0 Å². The number of carbonyl (C=O) groups is 2. The van der Waals surface area contributed by atoms with Crippen LogP contribution in [0.4, 0.5) is 0 Å². The number of ketones is 2. The first-order valence-corrected chi connectivity index (χ1v) is 14.7. The lowest BCUT2D eigenvalue weighted by Gasteiger charge is -2.63. The Morgan fingerprint density at radius 3 is 2.22 bits per heavy atom. The third-order valence-electron chi connectivity index (χ3n) is 12.3. The molecule has 36 heavy (non-hydrogen) atoms. The summed E-state index contributed by atoms with van der Waals surface area (Å²) in [5, 5.41) is 10.1. The van der Waals surface area contributed by atoms with E-state index in [4.69, 9.17) is 0 Å². The van der Waals surface area contributed by atoms with Gasteiger partial charge in [-0.25, -0.2) is 0 Å². The SMILES string of the molecule is CC(=O)/C=C1/[C@@]2(C)CCC(=O)C(C)(C)[C@@H]2CC[C@@]1(C)C(C)(C)CC[C@@]1(CCO)CCC(C)(C)CC1C. The first-order chi connectivity index (χ1) is 16.4. The number of fused-ring (bicyclic) bond motifs is 1. The molecule has 3 heteroatoms. The first kappa shape index (κ1) is 29.6. The van der Waals surface area contributed by atoms with Crippen LogP contribution in [0, 0.1) is 44.3 Å². The average Bonchev–Trinajstić information content (AvgIpc) is 2.74. The Balaban J connectivity index is 1.97. The van der Waals surface area contributed by atoms with E-state index in [9.17, 15) is 14.7 Å². The van der Waals surface area contributed by atoms with Crippen molar-refractivity contribution in [2.75, 3.05) is 6.61 Å². The maximum atomic E-state index is 12.9. The van der Waals surface area contributed by atoms with Crippen LogP contribution in [0.15, 0.2) is 11.6 Å². The van der Waals surface area contributed by atoms with E-state index in [2.05, 4.69) is 62.3 Å². The van der Waals surface area contributed by atoms with Gasteiger partial charge in [0.05, 0.1) is 0 Å². The van der Waals surface area contributed by atoms with Crippen LogP contribution in [0.25, 0.3) is 0 Å². The van der Waals surface area contributed by atoms with Gasteiger partial charge in [0.25, 0.3) is 0 Å². The number of allylic oxidation sites excluding steroid dienone is 2. The summed E-state index contributed by atoms with van der Waals surface area (Å²) < 4.78 is 0. The fraction of sp³-hybridized carbons (Fsp3) is 0.879. The standard InChI is InChI=1S/C33H56O3/c1-23-22-28(3,4)15-17-33(23,19-20-34)18-16-29(5,6)32(10)14-11-25-30(7,8)27(36)12-13-31(25,9)26(32)21-24(2)35/h21,23,25,34H,11-20,22H2,1-10H3/b26-21-/t23?,25-,31-,32+,33+/m0/s1. The van der Waals surface area contributed by atoms with E-state index < -0.39 is 0 Å². The molecule has 0 aromatic heterocycles. The molecule has 3 fully saturated rings. The minimum atomic E-state index is -0.343. The largest absolute Gasteiger partial charge is 0.396 e. The second kappa shape index (κ2) is 9.65. The van der Waals surface area contributed by atoms with Crippen LogP contribution < -0.4 is 0 Å². The zero-order valence-electron chi connectivity index (χ0n) is 25.3. The summed E-state index contributed by atoms with van der Waals surface area (Å²) in [6.45, 7) is 23.1. The van der Waals surface area contributed by atoms with Gasteiger partial charge >= 0.3 is 0 Å². The molecule has 0 aliphatic heterocycles. The van der Waals surface area contributed by atoms with Gasteiger partial charge in [0.15, 0.2) is 5.78 Å². The lowest BCUT2D eigenvalue weighted by atomic mass is 9.41. The van der Waals surface area contributed by atoms with E-state index in [0.29, 0.717) is 23.5 Å². The van der Waals surface area contributed by atoms with Crippen molar-refractivity contribution in [1.29, 1.82) is 0 Å². The van der Waals surface area contributed by atoms with Crippen molar-refractivity contribution >= 4 is 11.6 Å². The molecule has 1 N–H and O–H groups in total. The van der Waals surface area contributed by atoms with Gasteiger partial charge in [-0.15, -0.1) is 0 Å². The van der Waals surface area contributed by atoms with E-state index >= 15 is 0 Å². The van der Waals surface area contributed by atoms with Gasteiger partial charge in [0, 0.05) is 18.4 Å². The van der Waals surface area contributed by atoms with E-state index in [1.54, 1.807) is 6.92 Å². The average molecular weight is 501 g/mol. The van der Waals surface area contributed by atoms with Crippen molar-refractivity contribution in [1.82, 2.24) is 0 Å². The molecular weight excluding hydrogens is 444 g/mol. The first-order valence-electron chi connectivity index (χ1n) is 14.7. The fourth-order valence-corrected chi connectivity index (χ4v) is 9.20. The Morgan fingerprint density at radius 1 is 1.03 bits per heavy atom. The fourth-order valence-electron chi connectivity index (χ4n) is 9.20. The molecule has 3 aliphatic carbocycles. The Labute approximate surface area is 222 Å². The van der Waals surface area contributed by atoms with Crippen LogP contribution in [-0.2, 0) is 9.59 Å². The van der Waals surface area contributed by atoms with Crippen LogP contribution in [-0.4, -0.2) is 23.3 Å². The molecular formula is C33H56O3. The molecule has 3 rings (SSSR count). The van der Waals surface area contributed by atoms with Crippen molar-refractivity contribution in [2.45, 2.75) is 133 Å². The highest BCUT2D eigenvalue weighted by atomic mass is 16.3. The van der Waals surface area contributed by atoms with E-state index in [1.165, 1.54) is 24.8 Å². The zero-order valence-corrected chi connectivity index (χ0v) is 25.3. The third-order valence-corrected chi connectivity index (χ3v) is 12.3. The summed E-state index contributed by atoms with van der Waals surface area (Å²) in [5.74, 6) is 1.39. The van der Waals surface area contributed by atoms with E-state index in [-0.39, 0.29) is 45.4 Å². The minimum absolute atomic E-state index is 0.00298. The van der Waals surface area contributed by atoms with Crippen LogP contribution in [0.1, 0.15) is 133 Å². The molecule has 0 spiro atoms. The molecule has 0 heterocycles. The molecule has 3 nitrogen and oxygen atoms in total. The molecule has 3 aliphatic rings. The number of Topliss-reactive ketones (excluding diaryl/α,β-unsaturated/α-hetero) is 1. The molecule has 0 amide bonds. The molecule has 0 saturated heterocycles. The minimum Gasteiger partial charge on any atom is -0.396 e. The molecule has 0 radical (unpaired) electrons. The number of rotatable bonds is 7. The molecule has 5 atom stereocenters. The number of carbonyl (C=O) groups excluding carboxylic acids is 2. The van der Waals surface area contributed by atoms with E-state index in [1.807, 2.05) is 6.08 Å². The van der Waals surface area contributed by atoms with Crippen molar-refractivity contribution < 1.29 is 14.7 Å². The topological polar surface area (TPSA) is 54.4 Å². The summed E-state index contributed by atoms with van der Waals surface area (Å²) in [6, 6.07) is 0. The Hall–Kier alpha value is -0.960. The molecule has 206 valence electrons. The van der Waals surface area contributed by atoms with Gasteiger partial charge in [0.1, 0.15) is 5.78 Å². The van der Waals surface area contributed by atoms with Crippen molar-refractivity contribution in [3.63, 3.8) is 0 Å². The smallest absolute Gasteiger partial charge is 0.152 e. The number of hydrogen-bond acceptors (Lipinski definition) is 3. The van der Waals surface area contributed by atoms with Crippen LogP contribution in [0.2, 0.25) is 0 Å². The Bertz CT molecular complexity index is 893. The summed E-state index contributed by atoms with van der Waals surface area (Å²) in [5.41, 5.74) is 1.32. The predicted octanol–water partition coefficient (Wildman–Crippen LogP) is 8.33. The summed E-state index contributed by atoms with van der Waals surface area (Å²) in [7, 11) is 0. The van der Waals surface area contributed by atoms with Gasteiger partial charge in [-0.3, -0.25) is 9.59 Å². The highest BCUT2D eigenvalue weighted by Gasteiger charge is 2.61. The van der Waals surface area contributed by atoms with Crippen molar-refractivity contribution in [3.05, 3.63) is 11.6 Å². The number of hydrogen-bond donors (Lipinski definition) is 1. The van der Waals surface area contributed by atoms with Gasteiger partial charge in [-0.1, -0.05) is 67.9 Å². The lowest BCUT2D eigenvalue weighted by molar-refractivity contribution is -0.143. The Kier molecular flexibility index (Phi) is 7.94. The van der Waals surface area contributed by atoms with Gasteiger partial charge < -0.3 is 5.11 Å². The predicted molar refractivity (Wildman–Crippen MR) is 150 cm³/mol. The summed E-state index contributed by atoms with van der Waals surface area (Å²) in [6.07, 6.45) is 12.2. The highest BCUT2D eigenvalue weighted by molar-refractivity contribution is 5.89. The lowest BCUT2D eigenvalue weighted by Crippen LogP contribution is -2.56. The molecule has 0 aromatic rings. The maximum absolute atomic E-state index is 12.9. The summed E-state index contributed by atoms with van der Waals surface area (Å²) >= 11 is 0. The number of aliphatic hydroxyl groups excluding tert-OH is 1. The van der Waals surface area contributed by atoms with Gasteiger partial charge in [-0.05, 0) is 110 Å². The van der Waals surface area contributed by atoms with E-state index in [0.717, 1.165) is 38.5 Å². The summed E-state index contributed by atoms with van der Waals surface area (Å²) in [4.78, 5) is 25.6. The normalized spacial score (nSPS) is 39.6. The molecule has 0 bridgehead atoms. The highest BCUT2D eigenvalue weighted by Crippen LogP contribution is 2.68. The maximum Gasteiger partial charge on any atom is 0.152 e. The molecule has 1 unspecified atom stereocenters. The second-order valence-corrected chi connectivity index (χ2v) is 15.6. The third kappa shape index (κ3) is 4.92. The number of aliphatic hydroxyl groups is 1. The van der Waals surface area contributed by atoms with Gasteiger partial charge in [0.2, 0.25) is 0 Å². The van der Waals surface area contributed by atoms with Crippen molar-refractivity contribution in [2.24, 2.45) is 44.3 Å².